The van der Waals surface area contributed by atoms with E-state index in [4.69, 9.17) is 4.43 Å². The minimum atomic E-state index is -1.64. The Morgan fingerprint density at radius 1 is 1.10 bits per heavy atom. The maximum absolute atomic E-state index is 6.68. The molecule has 0 aromatic carbocycles. The van der Waals surface area contributed by atoms with Gasteiger partial charge in [-0.25, -0.2) is 0 Å². The van der Waals surface area contributed by atoms with Crippen molar-refractivity contribution in [2.24, 2.45) is 5.92 Å². The van der Waals surface area contributed by atoms with Crippen molar-refractivity contribution in [2.75, 3.05) is 0 Å². The second kappa shape index (κ2) is 7.66. The van der Waals surface area contributed by atoms with E-state index in [0.29, 0.717) is 17.1 Å². The van der Waals surface area contributed by atoms with Gasteiger partial charge in [-0.3, -0.25) is 0 Å². The summed E-state index contributed by atoms with van der Waals surface area (Å²) >= 11 is 0. The van der Waals surface area contributed by atoms with Crippen LogP contribution in [-0.2, 0) is 4.43 Å². The van der Waals surface area contributed by atoms with Crippen LogP contribution in [0.15, 0.2) is 0 Å². The van der Waals surface area contributed by atoms with Crippen molar-refractivity contribution in [3.05, 3.63) is 0 Å². The smallest absolute Gasteiger partial charge is 0.192 e. The molecule has 1 nitrogen and oxygen atoms in total. The maximum atomic E-state index is 6.68. The highest BCUT2D eigenvalue weighted by atomic mass is 28.4. The minimum Gasteiger partial charge on any atom is -0.414 e. The Labute approximate surface area is 128 Å². The zero-order chi connectivity index (χ0) is 15.2. The Bertz CT molecular complexity index is 343. The molecule has 1 rings (SSSR count). The fraction of sp³-hybridized carbons (Fsp3) is 0.889. The number of rotatable bonds is 4. The Hall–Kier alpha value is -0.263. The molecule has 0 unspecified atom stereocenters. The molecule has 2 atom stereocenters. The van der Waals surface area contributed by atoms with Crippen molar-refractivity contribution in [1.82, 2.24) is 0 Å². The normalized spacial score (nSPS) is 24.1. The van der Waals surface area contributed by atoms with Crippen LogP contribution in [0.5, 0.6) is 0 Å². The Kier molecular flexibility index (Phi) is 6.81. The summed E-state index contributed by atoms with van der Waals surface area (Å²) in [5.41, 5.74) is 0. The van der Waals surface area contributed by atoms with Gasteiger partial charge in [0.1, 0.15) is 0 Å². The van der Waals surface area contributed by atoms with Gasteiger partial charge in [0.2, 0.25) is 0 Å². The van der Waals surface area contributed by atoms with Gasteiger partial charge in [0.25, 0.3) is 0 Å². The van der Waals surface area contributed by atoms with Crippen LogP contribution < -0.4 is 0 Å². The van der Waals surface area contributed by atoms with Crippen LogP contribution >= 0.6 is 0 Å². The van der Waals surface area contributed by atoms with Crippen molar-refractivity contribution in [2.45, 2.75) is 96.9 Å². The third-order valence-electron chi connectivity index (χ3n) is 4.96. The first-order valence-corrected chi connectivity index (χ1v) is 11.3. The Morgan fingerprint density at radius 3 is 2.35 bits per heavy atom. The lowest BCUT2D eigenvalue weighted by Crippen LogP contribution is -2.46. The summed E-state index contributed by atoms with van der Waals surface area (Å²) in [6, 6.07) is 0. The molecule has 20 heavy (non-hydrogen) atoms. The van der Waals surface area contributed by atoms with Crippen molar-refractivity contribution in [3.8, 4) is 11.8 Å². The lowest BCUT2D eigenvalue weighted by Gasteiger charge is -2.42. The monoisotopic (exact) mass is 294 g/mol. The molecular formula is C18H34OSi. The highest BCUT2D eigenvalue weighted by Gasteiger charge is 2.41. The number of hydrogen-bond acceptors (Lipinski definition) is 1. The van der Waals surface area contributed by atoms with Gasteiger partial charge >= 0.3 is 0 Å². The molecule has 0 saturated heterocycles. The van der Waals surface area contributed by atoms with E-state index in [0.717, 1.165) is 12.8 Å². The average Bonchev–Trinajstić information content (AvgIpc) is 2.35. The number of unbranched alkanes of at least 4 members (excludes halogenated alkanes) is 1. The first-order chi connectivity index (χ1) is 9.28. The summed E-state index contributed by atoms with van der Waals surface area (Å²) in [5, 5.41) is 0.308. The van der Waals surface area contributed by atoms with E-state index < -0.39 is 8.32 Å². The molecule has 0 aliphatic heterocycles. The molecule has 0 radical (unpaired) electrons. The van der Waals surface area contributed by atoms with Crippen LogP contribution in [0.3, 0.4) is 0 Å². The predicted molar refractivity (Wildman–Crippen MR) is 91.3 cm³/mol. The molecule has 0 N–H and O–H groups in total. The van der Waals surface area contributed by atoms with Gasteiger partial charge in [-0.1, -0.05) is 40.5 Å². The summed E-state index contributed by atoms with van der Waals surface area (Å²) in [5.74, 6) is 7.37. The largest absolute Gasteiger partial charge is 0.414 e. The standard InChI is InChI=1S/C18H34OSi/c1-7-8-9-10-13-16-14-11-12-15-17(16)19-20(5,6)18(2,3)4/h16-17H,7-8,11-15H2,1-6H3/t16-,17+/m0/s1. The summed E-state index contributed by atoms with van der Waals surface area (Å²) in [6.07, 6.45) is 8.95. The summed E-state index contributed by atoms with van der Waals surface area (Å²) in [7, 11) is -1.64. The van der Waals surface area contributed by atoms with Gasteiger partial charge in [0, 0.05) is 18.9 Å². The second-order valence-corrected chi connectivity index (χ2v) is 12.5. The van der Waals surface area contributed by atoms with E-state index in [9.17, 15) is 0 Å². The predicted octanol–water partition coefficient (Wildman–Crippen LogP) is 5.76. The fourth-order valence-electron chi connectivity index (χ4n) is 2.53. The summed E-state index contributed by atoms with van der Waals surface area (Å²) < 4.78 is 6.68. The van der Waals surface area contributed by atoms with Gasteiger partial charge in [0.15, 0.2) is 8.32 Å². The second-order valence-electron chi connectivity index (χ2n) is 7.77. The number of hydrogen-bond donors (Lipinski definition) is 0. The zero-order valence-electron chi connectivity index (χ0n) is 14.5. The van der Waals surface area contributed by atoms with Crippen molar-refractivity contribution in [1.29, 1.82) is 0 Å². The van der Waals surface area contributed by atoms with Crippen LogP contribution in [0.2, 0.25) is 18.1 Å². The molecule has 0 spiro atoms. The molecule has 0 amide bonds. The van der Waals surface area contributed by atoms with Gasteiger partial charge in [-0.05, 0) is 43.3 Å². The maximum Gasteiger partial charge on any atom is 0.192 e. The van der Waals surface area contributed by atoms with Crippen LogP contribution in [0.25, 0.3) is 0 Å². The Morgan fingerprint density at radius 2 is 1.75 bits per heavy atom. The van der Waals surface area contributed by atoms with Gasteiger partial charge in [0.05, 0.1) is 0 Å². The SMILES string of the molecule is CCCC#CC[C@H]1CCCC[C@H]1O[Si](C)(C)C(C)(C)C. The minimum absolute atomic E-state index is 0.308. The average molecular weight is 295 g/mol. The molecule has 1 aliphatic rings. The summed E-state index contributed by atoms with van der Waals surface area (Å²) in [6.45, 7) is 13.9. The molecular weight excluding hydrogens is 260 g/mol. The highest BCUT2D eigenvalue weighted by Crippen LogP contribution is 2.40. The lowest BCUT2D eigenvalue weighted by atomic mass is 9.84. The zero-order valence-corrected chi connectivity index (χ0v) is 15.5. The van der Waals surface area contributed by atoms with Crippen LogP contribution in [0.1, 0.15) is 72.6 Å². The van der Waals surface area contributed by atoms with Crippen LogP contribution in [0.4, 0.5) is 0 Å². The molecule has 0 heterocycles. The van der Waals surface area contributed by atoms with Crippen LogP contribution in [-0.4, -0.2) is 14.4 Å². The third kappa shape index (κ3) is 5.26. The molecule has 1 fully saturated rings. The fourth-order valence-corrected chi connectivity index (χ4v) is 3.95. The van der Waals surface area contributed by atoms with E-state index in [2.05, 4.69) is 52.6 Å². The van der Waals surface area contributed by atoms with E-state index in [-0.39, 0.29) is 0 Å². The van der Waals surface area contributed by atoms with E-state index in [1.165, 1.54) is 32.1 Å². The molecule has 0 bridgehead atoms. The molecule has 0 aromatic rings. The summed E-state index contributed by atoms with van der Waals surface area (Å²) in [4.78, 5) is 0. The van der Waals surface area contributed by atoms with E-state index in [1.807, 2.05) is 0 Å². The van der Waals surface area contributed by atoms with Gasteiger partial charge in [-0.15, -0.1) is 11.8 Å². The molecule has 2 heteroatoms. The van der Waals surface area contributed by atoms with Gasteiger partial charge in [-0.2, -0.15) is 0 Å². The quantitative estimate of drug-likeness (QED) is 0.473. The van der Waals surface area contributed by atoms with E-state index >= 15 is 0 Å². The topological polar surface area (TPSA) is 9.23 Å². The van der Waals surface area contributed by atoms with Crippen LogP contribution in [0, 0.1) is 17.8 Å². The van der Waals surface area contributed by atoms with Gasteiger partial charge < -0.3 is 4.43 Å². The molecule has 0 aromatic heterocycles. The third-order valence-corrected chi connectivity index (χ3v) is 9.46. The Balaban J connectivity index is 2.63. The lowest BCUT2D eigenvalue weighted by molar-refractivity contribution is 0.0816. The highest BCUT2D eigenvalue weighted by molar-refractivity contribution is 6.74. The van der Waals surface area contributed by atoms with Crippen molar-refractivity contribution in [3.63, 3.8) is 0 Å². The molecule has 1 aliphatic carbocycles. The van der Waals surface area contributed by atoms with E-state index in [1.54, 1.807) is 0 Å². The molecule has 116 valence electrons. The van der Waals surface area contributed by atoms with Crippen molar-refractivity contribution >= 4 is 8.32 Å². The first-order valence-electron chi connectivity index (χ1n) is 8.41. The van der Waals surface area contributed by atoms with Crippen molar-refractivity contribution < 1.29 is 4.43 Å². The molecule has 1 saturated carbocycles. The first kappa shape index (κ1) is 17.8.